The second kappa shape index (κ2) is 8.59. The van der Waals surface area contributed by atoms with E-state index in [1.165, 1.54) is 17.5 Å². The van der Waals surface area contributed by atoms with Crippen molar-refractivity contribution in [1.82, 2.24) is 5.32 Å². The van der Waals surface area contributed by atoms with Gasteiger partial charge in [0, 0.05) is 17.9 Å². The maximum atomic E-state index is 12.2. The van der Waals surface area contributed by atoms with Gasteiger partial charge in [0.05, 0.1) is 0 Å². The summed E-state index contributed by atoms with van der Waals surface area (Å²) in [4.78, 5) is 12.2. The lowest BCUT2D eigenvalue weighted by molar-refractivity contribution is -0.116. The van der Waals surface area contributed by atoms with Crippen LogP contribution in [-0.2, 0) is 10.5 Å². The van der Waals surface area contributed by atoms with Crippen LogP contribution in [0.5, 0.6) is 0 Å². The Kier molecular flexibility index (Phi) is 6.77. The molecule has 0 saturated carbocycles. The minimum absolute atomic E-state index is 0.142. The van der Waals surface area contributed by atoms with Crippen LogP contribution in [0, 0.1) is 12.8 Å². The molecule has 1 heterocycles. The van der Waals surface area contributed by atoms with Crippen molar-refractivity contribution in [1.29, 1.82) is 0 Å². The highest BCUT2D eigenvalue weighted by molar-refractivity contribution is 7.99. The van der Waals surface area contributed by atoms with Gasteiger partial charge in [-0.3, -0.25) is 4.79 Å². The third-order valence-electron chi connectivity index (χ3n) is 4.23. The molecule has 1 aromatic carbocycles. The van der Waals surface area contributed by atoms with Gasteiger partial charge in [-0.1, -0.05) is 26.0 Å². The lowest BCUT2D eigenvalue weighted by atomic mass is 10.0. The molecule has 1 amide bonds. The van der Waals surface area contributed by atoms with Crippen molar-refractivity contribution in [2.24, 2.45) is 5.92 Å². The maximum Gasteiger partial charge on any atom is 0.224 e. The molecule has 122 valence electrons. The van der Waals surface area contributed by atoms with Crippen molar-refractivity contribution in [2.75, 3.05) is 18.4 Å². The highest BCUT2D eigenvalue weighted by Gasteiger charge is 2.16. The van der Waals surface area contributed by atoms with E-state index in [9.17, 15) is 4.79 Å². The topological polar surface area (TPSA) is 41.1 Å². The van der Waals surface area contributed by atoms with E-state index < -0.39 is 0 Å². The highest BCUT2D eigenvalue weighted by Crippen LogP contribution is 2.25. The fourth-order valence-electron chi connectivity index (χ4n) is 2.74. The van der Waals surface area contributed by atoms with Crippen LogP contribution in [0.25, 0.3) is 0 Å². The maximum absolute atomic E-state index is 12.2. The average Bonchev–Trinajstić information content (AvgIpc) is 2.99. The zero-order valence-electron chi connectivity index (χ0n) is 13.9. The number of rotatable bonds is 7. The molecule has 1 atom stereocenters. The molecule has 2 N–H and O–H groups in total. The number of hydrogen-bond acceptors (Lipinski definition) is 3. The molecule has 3 nitrogen and oxygen atoms in total. The predicted octanol–water partition coefficient (Wildman–Crippen LogP) is 3.96. The number of hydrogen-bond donors (Lipinski definition) is 2. The molecule has 1 saturated heterocycles. The summed E-state index contributed by atoms with van der Waals surface area (Å²) < 4.78 is 0. The molecule has 4 heteroatoms. The van der Waals surface area contributed by atoms with Gasteiger partial charge in [-0.15, -0.1) is 0 Å². The molecule has 1 fully saturated rings. The summed E-state index contributed by atoms with van der Waals surface area (Å²) in [5.41, 5.74) is 3.49. The zero-order chi connectivity index (χ0) is 15.9. The largest absolute Gasteiger partial charge is 0.326 e. The Morgan fingerprint density at radius 3 is 2.95 bits per heavy atom. The van der Waals surface area contributed by atoms with Crippen molar-refractivity contribution in [3.63, 3.8) is 0 Å². The Morgan fingerprint density at radius 2 is 2.27 bits per heavy atom. The van der Waals surface area contributed by atoms with E-state index in [0.717, 1.165) is 31.0 Å². The van der Waals surface area contributed by atoms with Gasteiger partial charge in [-0.25, -0.2) is 0 Å². The molecular weight excluding hydrogens is 292 g/mol. The van der Waals surface area contributed by atoms with Crippen LogP contribution in [0.3, 0.4) is 0 Å². The zero-order valence-corrected chi connectivity index (χ0v) is 14.8. The normalized spacial score (nSPS) is 17.9. The Hall–Kier alpha value is -1.00. The van der Waals surface area contributed by atoms with E-state index in [4.69, 9.17) is 0 Å². The fourth-order valence-corrected chi connectivity index (χ4v) is 3.57. The number of amides is 1. The molecule has 2 rings (SSSR count). The van der Waals surface area contributed by atoms with Crippen LogP contribution < -0.4 is 10.6 Å². The third kappa shape index (κ3) is 5.33. The number of carbonyl (C=O) groups is 1. The van der Waals surface area contributed by atoms with Gasteiger partial charge < -0.3 is 10.6 Å². The minimum Gasteiger partial charge on any atom is -0.326 e. The molecule has 0 spiro atoms. The SMILES string of the molecule is Cc1c(CSC(C)C)cccc1NC(=O)CCC1CCNC1. The predicted molar refractivity (Wildman–Crippen MR) is 96.5 cm³/mol. The van der Waals surface area contributed by atoms with E-state index in [2.05, 4.69) is 37.5 Å². The molecule has 0 radical (unpaired) electrons. The van der Waals surface area contributed by atoms with Crippen LogP contribution >= 0.6 is 11.8 Å². The Morgan fingerprint density at radius 1 is 1.45 bits per heavy atom. The van der Waals surface area contributed by atoms with Gasteiger partial charge in [0.25, 0.3) is 0 Å². The summed E-state index contributed by atoms with van der Waals surface area (Å²) in [5, 5.41) is 7.07. The first kappa shape index (κ1) is 17.4. The quantitative estimate of drug-likeness (QED) is 0.799. The molecule has 1 unspecified atom stereocenters. The smallest absolute Gasteiger partial charge is 0.224 e. The standard InChI is InChI=1S/C18H28N2OS/c1-13(2)22-12-16-5-4-6-17(14(16)3)20-18(21)8-7-15-9-10-19-11-15/h4-6,13,15,19H,7-12H2,1-3H3,(H,20,21). The lowest BCUT2D eigenvalue weighted by Crippen LogP contribution is -2.15. The monoisotopic (exact) mass is 320 g/mol. The summed E-state index contributed by atoms with van der Waals surface area (Å²) in [6.07, 6.45) is 2.81. The molecule has 1 aliphatic heterocycles. The van der Waals surface area contributed by atoms with Gasteiger partial charge in [0.2, 0.25) is 5.91 Å². The fraction of sp³-hybridized carbons (Fsp3) is 0.611. The molecular formula is C18H28N2OS. The molecule has 1 aromatic rings. The molecule has 1 aliphatic rings. The van der Waals surface area contributed by atoms with Gasteiger partial charge in [0.1, 0.15) is 0 Å². The first-order valence-corrected chi connectivity index (χ1v) is 9.31. The summed E-state index contributed by atoms with van der Waals surface area (Å²) in [7, 11) is 0. The first-order chi connectivity index (χ1) is 10.6. The van der Waals surface area contributed by atoms with E-state index >= 15 is 0 Å². The highest BCUT2D eigenvalue weighted by atomic mass is 32.2. The summed E-state index contributed by atoms with van der Waals surface area (Å²) in [6.45, 7) is 8.69. The molecule has 0 aromatic heterocycles. The Labute approximate surface area is 138 Å². The summed E-state index contributed by atoms with van der Waals surface area (Å²) >= 11 is 1.93. The second-order valence-electron chi connectivity index (χ2n) is 6.40. The van der Waals surface area contributed by atoms with Crippen LogP contribution in [-0.4, -0.2) is 24.2 Å². The molecule has 0 aliphatic carbocycles. The van der Waals surface area contributed by atoms with Crippen LogP contribution in [0.1, 0.15) is 44.2 Å². The van der Waals surface area contributed by atoms with Crippen LogP contribution in [0.2, 0.25) is 0 Å². The van der Waals surface area contributed by atoms with Crippen molar-refractivity contribution >= 4 is 23.4 Å². The Balaban J connectivity index is 1.88. The Bertz CT molecular complexity index is 496. The van der Waals surface area contributed by atoms with Crippen LogP contribution in [0.15, 0.2) is 18.2 Å². The third-order valence-corrected chi connectivity index (χ3v) is 5.38. The van der Waals surface area contributed by atoms with Crippen LogP contribution in [0.4, 0.5) is 5.69 Å². The van der Waals surface area contributed by atoms with E-state index in [-0.39, 0.29) is 5.91 Å². The number of carbonyl (C=O) groups excluding carboxylic acids is 1. The molecule has 22 heavy (non-hydrogen) atoms. The summed E-state index contributed by atoms with van der Waals surface area (Å²) in [6, 6.07) is 6.21. The van der Waals surface area contributed by atoms with Crippen molar-refractivity contribution in [3.05, 3.63) is 29.3 Å². The van der Waals surface area contributed by atoms with Crippen molar-refractivity contribution in [2.45, 2.75) is 51.0 Å². The van der Waals surface area contributed by atoms with E-state index in [0.29, 0.717) is 17.6 Å². The lowest BCUT2D eigenvalue weighted by Gasteiger charge is -2.14. The van der Waals surface area contributed by atoms with Gasteiger partial charge in [-0.05, 0) is 61.2 Å². The van der Waals surface area contributed by atoms with Crippen molar-refractivity contribution in [3.8, 4) is 0 Å². The number of benzene rings is 1. The molecule has 0 bridgehead atoms. The van der Waals surface area contributed by atoms with Gasteiger partial charge in [0.15, 0.2) is 0 Å². The van der Waals surface area contributed by atoms with Gasteiger partial charge >= 0.3 is 0 Å². The van der Waals surface area contributed by atoms with Gasteiger partial charge in [-0.2, -0.15) is 11.8 Å². The minimum atomic E-state index is 0.142. The number of thioether (sulfide) groups is 1. The number of nitrogens with one attached hydrogen (secondary N) is 2. The average molecular weight is 321 g/mol. The summed E-state index contributed by atoms with van der Waals surface area (Å²) in [5.74, 6) is 1.81. The van der Waals surface area contributed by atoms with E-state index in [1.54, 1.807) is 0 Å². The number of anilines is 1. The second-order valence-corrected chi connectivity index (χ2v) is 7.96. The van der Waals surface area contributed by atoms with E-state index in [1.807, 2.05) is 23.9 Å². The first-order valence-electron chi connectivity index (χ1n) is 8.27. The van der Waals surface area contributed by atoms with Crippen molar-refractivity contribution < 1.29 is 4.79 Å².